The number of anilines is 2. The highest BCUT2D eigenvalue weighted by Gasteiger charge is 2.33. The number of aromatic nitrogens is 2. The maximum absolute atomic E-state index is 14.6. The van der Waals surface area contributed by atoms with E-state index >= 15 is 0 Å². The maximum atomic E-state index is 14.6. The Hall–Kier alpha value is -3.15. The van der Waals surface area contributed by atoms with Crippen LogP contribution in [0, 0.1) is 5.82 Å². The molecule has 33 heavy (non-hydrogen) atoms. The van der Waals surface area contributed by atoms with Gasteiger partial charge in [-0.05, 0) is 30.3 Å². The number of carbonyl (C=O) groups is 1. The van der Waals surface area contributed by atoms with Gasteiger partial charge in [0.05, 0.1) is 24.2 Å². The molecule has 3 aromatic rings. The fourth-order valence-electron chi connectivity index (χ4n) is 3.99. The average Bonchev–Trinajstić information content (AvgIpc) is 2.84. The third kappa shape index (κ3) is 3.81. The predicted octanol–water partition coefficient (Wildman–Crippen LogP) is 1.89. The predicted molar refractivity (Wildman–Crippen MR) is 120 cm³/mol. The number of carbonyl (C=O) groups excluding carboxylic acids is 1. The van der Waals surface area contributed by atoms with Gasteiger partial charge in [-0.3, -0.25) is 9.69 Å². The molecule has 2 aliphatic rings. The molecule has 1 amide bonds. The number of hydrogen-bond acceptors (Lipinski definition) is 7. The van der Waals surface area contributed by atoms with Crippen LogP contribution in [0.4, 0.5) is 16.0 Å². The number of para-hydroxylation sites is 2. The van der Waals surface area contributed by atoms with Gasteiger partial charge < -0.3 is 9.64 Å². The number of likely N-dealkylation sites (N-methyl/N-ethyl adjacent to an activating group) is 1. The molecule has 0 atom stereocenters. The highest BCUT2D eigenvalue weighted by molar-refractivity contribution is 7.89. The standard InChI is InChI=1S/C22H22FN5O4S/c1-26-8-9-28(21-20(26)24-17-4-2-3-5-18(17)25-21)22(29)15-6-7-16(23)19(14-15)33(30,31)27-10-12-32-13-11-27/h2-7,14H,8-13H2,1H3. The van der Waals surface area contributed by atoms with Crippen molar-refractivity contribution >= 4 is 38.6 Å². The van der Waals surface area contributed by atoms with E-state index in [1.165, 1.54) is 15.3 Å². The molecule has 9 nitrogen and oxygen atoms in total. The Balaban J connectivity index is 1.54. The average molecular weight is 472 g/mol. The van der Waals surface area contributed by atoms with E-state index in [4.69, 9.17) is 4.74 Å². The number of hydrogen-bond donors (Lipinski definition) is 0. The fraction of sp³-hybridized carbons (Fsp3) is 0.318. The van der Waals surface area contributed by atoms with Crippen LogP contribution in [0.25, 0.3) is 11.0 Å². The van der Waals surface area contributed by atoms with E-state index in [-0.39, 0.29) is 31.9 Å². The number of morpholine rings is 1. The zero-order valence-corrected chi connectivity index (χ0v) is 18.8. The molecule has 0 bridgehead atoms. The number of amides is 1. The van der Waals surface area contributed by atoms with Crippen LogP contribution in [0.1, 0.15) is 10.4 Å². The van der Waals surface area contributed by atoms with Crippen LogP contribution >= 0.6 is 0 Å². The molecule has 0 spiro atoms. The van der Waals surface area contributed by atoms with Crippen molar-refractivity contribution in [3.63, 3.8) is 0 Å². The normalized spacial score (nSPS) is 17.3. The first kappa shape index (κ1) is 21.7. The monoisotopic (exact) mass is 471 g/mol. The SMILES string of the molecule is CN1CCN(C(=O)c2ccc(F)c(S(=O)(=O)N3CCOCC3)c2)c2nc3ccccc3nc21. The lowest BCUT2D eigenvalue weighted by atomic mass is 10.1. The van der Waals surface area contributed by atoms with Crippen LogP contribution in [-0.2, 0) is 14.8 Å². The molecular formula is C22H22FN5O4S. The molecule has 1 saturated heterocycles. The zero-order valence-electron chi connectivity index (χ0n) is 17.9. The number of rotatable bonds is 3. The van der Waals surface area contributed by atoms with Crippen molar-refractivity contribution in [2.75, 3.05) is 56.2 Å². The second-order valence-electron chi connectivity index (χ2n) is 7.90. The van der Waals surface area contributed by atoms with Gasteiger partial charge in [-0.2, -0.15) is 4.31 Å². The van der Waals surface area contributed by atoms with Gasteiger partial charge in [-0.15, -0.1) is 0 Å². The summed E-state index contributed by atoms with van der Waals surface area (Å²) in [5.41, 5.74) is 1.41. The molecular weight excluding hydrogens is 449 g/mol. The van der Waals surface area contributed by atoms with Gasteiger partial charge in [-0.25, -0.2) is 22.8 Å². The van der Waals surface area contributed by atoms with Crippen LogP contribution in [0.15, 0.2) is 47.4 Å². The summed E-state index contributed by atoms with van der Waals surface area (Å²) in [7, 11) is -2.24. The van der Waals surface area contributed by atoms with Gasteiger partial charge in [0.2, 0.25) is 10.0 Å². The van der Waals surface area contributed by atoms with Crippen molar-refractivity contribution in [2.45, 2.75) is 4.90 Å². The van der Waals surface area contributed by atoms with E-state index in [0.717, 1.165) is 12.1 Å². The smallest absolute Gasteiger partial charge is 0.259 e. The van der Waals surface area contributed by atoms with Crippen molar-refractivity contribution in [1.29, 1.82) is 0 Å². The Bertz CT molecular complexity index is 1340. The van der Waals surface area contributed by atoms with E-state index in [1.807, 2.05) is 36.2 Å². The summed E-state index contributed by atoms with van der Waals surface area (Å²) in [5.74, 6) is -0.430. The van der Waals surface area contributed by atoms with Gasteiger partial charge in [0.25, 0.3) is 5.91 Å². The lowest BCUT2D eigenvalue weighted by Crippen LogP contribution is -2.44. The van der Waals surface area contributed by atoms with Crippen LogP contribution in [0.5, 0.6) is 0 Å². The van der Waals surface area contributed by atoms with Crippen LogP contribution in [-0.4, -0.2) is 75.0 Å². The Labute approximate surface area is 190 Å². The van der Waals surface area contributed by atoms with Crippen molar-refractivity contribution in [3.05, 3.63) is 53.8 Å². The Morgan fingerprint density at radius 3 is 2.33 bits per heavy atom. The summed E-state index contributed by atoms with van der Waals surface area (Å²) in [6.07, 6.45) is 0. The van der Waals surface area contributed by atoms with Gasteiger partial charge in [-0.1, -0.05) is 12.1 Å². The quantitative estimate of drug-likeness (QED) is 0.576. The van der Waals surface area contributed by atoms with E-state index < -0.39 is 26.6 Å². The largest absolute Gasteiger partial charge is 0.379 e. The second-order valence-corrected chi connectivity index (χ2v) is 9.81. The fourth-order valence-corrected chi connectivity index (χ4v) is 5.49. The molecule has 0 aliphatic carbocycles. The van der Waals surface area contributed by atoms with Gasteiger partial charge in [0.15, 0.2) is 11.6 Å². The van der Waals surface area contributed by atoms with Crippen LogP contribution < -0.4 is 9.80 Å². The molecule has 0 N–H and O–H groups in total. The number of ether oxygens (including phenoxy) is 1. The summed E-state index contributed by atoms with van der Waals surface area (Å²) < 4.78 is 47.0. The van der Waals surface area contributed by atoms with Crippen molar-refractivity contribution in [1.82, 2.24) is 14.3 Å². The van der Waals surface area contributed by atoms with Crippen molar-refractivity contribution < 1.29 is 22.3 Å². The number of sulfonamides is 1. The third-order valence-electron chi connectivity index (χ3n) is 5.82. The lowest BCUT2D eigenvalue weighted by Gasteiger charge is -2.34. The van der Waals surface area contributed by atoms with Crippen molar-refractivity contribution in [2.24, 2.45) is 0 Å². The van der Waals surface area contributed by atoms with Crippen molar-refractivity contribution in [3.8, 4) is 0 Å². The second kappa shape index (κ2) is 8.32. The minimum Gasteiger partial charge on any atom is -0.379 e. The number of halogens is 1. The number of benzene rings is 2. The van der Waals surface area contributed by atoms with Gasteiger partial charge in [0.1, 0.15) is 10.7 Å². The highest BCUT2D eigenvalue weighted by Crippen LogP contribution is 2.32. The first-order valence-electron chi connectivity index (χ1n) is 10.5. The Kier molecular flexibility index (Phi) is 5.47. The first-order valence-corrected chi connectivity index (χ1v) is 12.0. The Morgan fingerprint density at radius 1 is 0.970 bits per heavy atom. The number of nitrogens with zero attached hydrogens (tertiary/aromatic N) is 5. The summed E-state index contributed by atoms with van der Waals surface area (Å²) in [5, 5.41) is 0. The minimum absolute atomic E-state index is 0.0636. The zero-order chi connectivity index (χ0) is 23.2. The molecule has 172 valence electrons. The molecule has 3 heterocycles. The summed E-state index contributed by atoms with van der Waals surface area (Å²) >= 11 is 0. The molecule has 5 rings (SSSR count). The van der Waals surface area contributed by atoms with E-state index in [9.17, 15) is 17.6 Å². The third-order valence-corrected chi connectivity index (χ3v) is 7.74. The maximum Gasteiger partial charge on any atom is 0.259 e. The summed E-state index contributed by atoms with van der Waals surface area (Å²) in [4.78, 5) is 25.6. The van der Waals surface area contributed by atoms with E-state index in [0.29, 0.717) is 35.8 Å². The lowest BCUT2D eigenvalue weighted by molar-refractivity contribution is 0.0729. The first-order chi connectivity index (χ1) is 15.9. The number of fused-ring (bicyclic) bond motifs is 2. The van der Waals surface area contributed by atoms with E-state index in [1.54, 1.807) is 0 Å². The summed E-state index contributed by atoms with van der Waals surface area (Å²) in [6.45, 7) is 1.60. The topological polar surface area (TPSA) is 95.9 Å². The summed E-state index contributed by atoms with van der Waals surface area (Å²) in [6, 6.07) is 10.8. The molecule has 0 unspecified atom stereocenters. The van der Waals surface area contributed by atoms with Crippen LogP contribution in [0.3, 0.4) is 0 Å². The molecule has 0 saturated carbocycles. The van der Waals surface area contributed by atoms with Gasteiger partial charge >= 0.3 is 0 Å². The van der Waals surface area contributed by atoms with E-state index in [2.05, 4.69) is 9.97 Å². The Morgan fingerprint density at radius 2 is 1.64 bits per heavy atom. The molecule has 0 radical (unpaired) electrons. The molecule has 11 heteroatoms. The molecule has 2 aromatic carbocycles. The molecule has 2 aliphatic heterocycles. The molecule has 1 aromatic heterocycles. The van der Waals surface area contributed by atoms with Crippen LogP contribution in [0.2, 0.25) is 0 Å². The van der Waals surface area contributed by atoms with Gasteiger partial charge in [0, 0.05) is 38.8 Å². The molecule has 1 fully saturated rings. The minimum atomic E-state index is -4.11. The highest BCUT2D eigenvalue weighted by atomic mass is 32.2.